The number of benzene rings is 2. The molecule has 0 spiro atoms. The van der Waals surface area contributed by atoms with E-state index in [-0.39, 0.29) is 16.5 Å². The summed E-state index contributed by atoms with van der Waals surface area (Å²) in [7, 11) is 0. The van der Waals surface area contributed by atoms with Gasteiger partial charge in [0.15, 0.2) is 0 Å². The molecule has 0 saturated heterocycles. The fourth-order valence-corrected chi connectivity index (χ4v) is 2.60. The molecule has 0 aromatic heterocycles. The fourth-order valence-electron chi connectivity index (χ4n) is 2.37. The maximum atomic E-state index is 13.6. The van der Waals surface area contributed by atoms with E-state index in [0.717, 1.165) is 22.4 Å². The first-order chi connectivity index (χ1) is 10.4. The average molecular weight is 318 g/mol. The van der Waals surface area contributed by atoms with Gasteiger partial charge >= 0.3 is 0 Å². The monoisotopic (exact) mass is 317 g/mol. The van der Waals surface area contributed by atoms with E-state index in [9.17, 15) is 9.18 Å². The van der Waals surface area contributed by atoms with Crippen LogP contribution in [0.4, 0.5) is 10.1 Å². The number of anilines is 1. The Morgan fingerprint density at radius 2 is 1.82 bits per heavy atom. The van der Waals surface area contributed by atoms with Crippen LogP contribution in [0, 0.1) is 26.6 Å². The highest BCUT2D eigenvalue weighted by Gasteiger charge is 2.07. The van der Waals surface area contributed by atoms with Gasteiger partial charge in [-0.25, -0.2) is 4.39 Å². The third kappa shape index (κ3) is 3.74. The number of aryl methyl sites for hydroxylation is 3. The average Bonchev–Trinajstić information content (AvgIpc) is 2.42. The second-order valence-electron chi connectivity index (χ2n) is 5.23. The molecular weight excluding hydrogens is 301 g/mol. The Hall–Kier alpha value is -2.13. The maximum Gasteiger partial charge on any atom is 0.248 e. The van der Waals surface area contributed by atoms with Gasteiger partial charge in [-0.1, -0.05) is 35.4 Å². The van der Waals surface area contributed by atoms with Crippen LogP contribution in [0.5, 0.6) is 0 Å². The van der Waals surface area contributed by atoms with E-state index in [1.54, 1.807) is 6.07 Å². The third-order valence-corrected chi connectivity index (χ3v) is 3.66. The first-order valence-corrected chi connectivity index (χ1v) is 7.27. The normalized spacial score (nSPS) is 11.0. The summed E-state index contributed by atoms with van der Waals surface area (Å²) in [5.41, 5.74) is 4.10. The summed E-state index contributed by atoms with van der Waals surface area (Å²) in [5.74, 6) is -0.784. The molecule has 2 rings (SSSR count). The molecule has 2 aromatic rings. The molecule has 0 aliphatic heterocycles. The molecule has 0 atom stereocenters. The van der Waals surface area contributed by atoms with E-state index in [4.69, 9.17) is 11.6 Å². The van der Waals surface area contributed by atoms with E-state index < -0.39 is 5.82 Å². The number of amides is 1. The Kier molecular flexibility index (Phi) is 4.99. The fraction of sp³-hybridized carbons (Fsp3) is 0.167. The van der Waals surface area contributed by atoms with Crippen molar-refractivity contribution in [2.45, 2.75) is 20.8 Å². The molecule has 1 amide bonds. The molecule has 0 aliphatic rings. The van der Waals surface area contributed by atoms with Crippen molar-refractivity contribution in [3.63, 3.8) is 0 Å². The van der Waals surface area contributed by atoms with Gasteiger partial charge in [-0.05, 0) is 50.1 Å². The largest absolute Gasteiger partial charge is 0.322 e. The van der Waals surface area contributed by atoms with Crippen molar-refractivity contribution in [3.8, 4) is 0 Å². The second-order valence-corrected chi connectivity index (χ2v) is 5.64. The van der Waals surface area contributed by atoms with Crippen molar-refractivity contribution in [3.05, 3.63) is 69.5 Å². The van der Waals surface area contributed by atoms with Crippen LogP contribution < -0.4 is 5.32 Å². The zero-order valence-corrected chi connectivity index (χ0v) is 13.5. The van der Waals surface area contributed by atoms with Crippen LogP contribution in [0.15, 0.2) is 36.4 Å². The molecule has 0 saturated carbocycles. The van der Waals surface area contributed by atoms with Crippen LogP contribution in [0.25, 0.3) is 6.08 Å². The SMILES string of the molecule is Cc1cc(C)c(NC(=O)C=Cc2c(F)cccc2Cl)c(C)c1. The van der Waals surface area contributed by atoms with Crippen molar-refractivity contribution in [2.24, 2.45) is 0 Å². The topological polar surface area (TPSA) is 29.1 Å². The van der Waals surface area contributed by atoms with Crippen molar-refractivity contribution >= 4 is 29.3 Å². The number of nitrogens with one attached hydrogen (secondary N) is 1. The minimum atomic E-state index is -0.459. The second kappa shape index (κ2) is 6.75. The Morgan fingerprint density at radius 1 is 1.18 bits per heavy atom. The lowest BCUT2D eigenvalue weighted by Gasteiger charge is -2.11. The van der Waals surface area contributed by atoms with E-state index in [1.807, 2.05) is 32.9 Å². The molecule has 0 unspecified atom stereocenters. The summed E-state index contributed by atoms with van der Waals surface area (Å²) in [5, 5.41) is 3.09. The Bertz CT molecular complexity index is 709. The summed E-state index contributed by atoms with van der Waals surface area (Å²) in [4.78, 5) is 12.0. The van der Waals surface area contributed by atoms with Gasteiger partial charge in [0.25, 0.3) is 0 Å². The zero-order valence-electron chi connectivity index (χ0n) is 12.7. The standard InChI is InChI=1S/C18H17ClFNO/c1-11-9-12(2)18(13(3)10-11)21-17(22)8-7-14-15(19)5-4-6-16(14)20/h4-10H,1-3H3,(H,21,22). The van der Waals surface area contributed by atoms with Crippen LogP contribution in [-0.2, 0) is 4.79 Å². The Morgan fingerprint density at radius 3 is 2.41 bits per heavy atom. The Labute approximate surface area is 134 Å². The van der Waals surface area contributed by atoms with Gasteiger partial charge in [0.2, 0.25) is 5.91 Å². The summed E-state index contributed by atoms with van der Waals surface area (Å²) < 4.78 is 13.6. The molecule has 0 heterocycles. The van der Waals surface area contributed by atoms with Gasteiger partial charge in [0, 0.05) is 17.3 Å². The van der Waals surface area contributed by atoms with E-state index in [0.29, 0.717) is 0 Å². The number of halogens is 2. The molecule has 0 bridgehead atoms. The molecule has 22 heavy (non-hydrogen) atoms. The number of hydrogen-bond donors (Lipinski definition) is 1. The van der Waals surface area contributed by atoms with Crippen molar-refractivity contribution in [1.82, 2.24) is 0 Å². The molecule has 0 aliphatic carbocycles. The van der Waals surface area contributed by atoms with Crippen LogP contribution in [-0.4, -0.2) is 5.91 Å². The molecule has 0 radical (unpaired) electrons. The third-order valence-electron chi connectivity index (χ3n) is 3.33. The quantitative estimate of drug-likeness (QED) is 0.788. The first kappa shape index (κ1) is 16.2. The summed E-state index contributed by atoms with van der Waals surface area (Å²) in [6, 6.07) is 8.41. The van der Waals surface area contributed by atoms with Gasteiger partial charge in [-0.15, -0.1) is 0 Å². The number of carbonyl (C=O) groups excluding carboxylic acids is 1. The summed E-state index contributed by atoms with van der Waals surface area (Å²) in [6.45, 7) is 5.88. The molecule has 2 aromatic carbocycles. The summed E-state index contributed by atoms with van der Waals surface area (Å²) in [6.07, 6.45) is 2.66. The highest BCUT2D eigenvalue weighted by molar-refractivity contribution is 6.32. The van der Waals surface area contributed by atoms with E-state index in [1.165, 1.54) is 24.3 Å². The Balaban J connectivity index is 2.19. The molecule has 2 nitrogen and oxygen atoms in total. The number of carbonyl (C=O) groups is 1. The molecule has 0 fully saturated rings. The predicted molar refractivity (Wildman–Crippen MR) is 89.7 cm³/mol. The van der Waals surface area contributed by atoms with Crippen LogP contribution in [0.1, 0.15) is 22.3 Å². The zero-order chi connectivity index (χ0) is 16.3. The number of rotatable bonds is 3. The highest BCUT2D eigenvalue weighted by Crippen LogP contribution is 2.23. The van der Waals surface area contributed by atoms with Gasteiger partial charge in [0.1, 0.15) is 5.82 Å². The van der Waals surface area contributed by atoms with E-state index in [2.05, 4.69) is 5.32 Å². The highest BCUT2D eigenvalue weighted by atomic mass is 35.5. The lowest BCUT2D eigenvalue weighted by molar-refractivity contribution is -0.111. The van der Waals surface area contributed by atoms with Crippen molar-refractivity contribution < 1.29 is 9.18 Å². The molecular formula is C18H17ClFNO. The first-order valence-electron chi connectivity index (χ1n) is 6.89. The van der Waals surface area contributed by atoms with Crippen molar-refractivity contribution in [1.29, 1.82) is 0 Å². The van der Waals surface area contributed by atoms with Gasteiger partial charge in [-0.2, -0.15) is 0 Å². The molecule has 114 valence electrons. The van der Waals surface area contributed by atoms with Crippen LogP contribution in [0.3, 0.4) is 0 Å². The minimum absolute atomic E-state index is 0.205. The number of hydrogen-bond acceptors (Lipinski definition) is 1. The van der Waals surface area contributed by atoms with Gasteiger partial charge in [0.05, 0.1) is 5.02 Å². The molecule has 4 heteroatoms. The summed E-state index contributed by atoms with van der Waals surface area (Å²) >= 11 is 5.92. The lowest BCUT2D eigenvalue weighted by Crippen LogP contribution is -2.10. The minimum Gasteiger partial charge on any atom is -0.322 e. The van der Waals surface area contributed by atoms with Gasteiger partial charge < -0.3 is 5.32 Å². The van der Waals surface area contributed by atoms with Gasteiger partial charge in [-0.3, -0.25) is 4.79 Å². The van der Waals surface area contributed by atoms with Crippen LogP contribution >= 0.6 is 11.6 Å². The van der Waals surface area contributed by atoms with E-state index >= 15 is 0 Å². The maximum absolute atomic E-state index is 13.6. The van der Waals surface area contributed by atoms with Crippen molar-refractivity contribution in [2.75, 3.05) is 5.32 Å². The molecule has 1 N–H and O–H groups in total. The smallest absolute Gasteiger partial charge is 0.248 e. The van der Waals surface area contributed by atoms with Crippen LogP contribution in [0.2, 0.25) is 5.02 Å². The predicted octanol–water partition coefficient (Wildman–Crippen LogP) is 5.06. The lowest BCUT2D eigenvalue weighted by atomic mass is 10.1.